The zero-order chi connectivity index (χ0) is 28.1. The number of pyridine rings is 1. The molecule has 5 nitrogen and oxygen atoms in total. The Morgan fingerprint density at radius 2 is 1.57 bits per heavy atom. The third-order valence-electron chi connectivity index (χ3n) is 6.17. The fraction of sp³-hybridized carbons (Fsp3) is 0.0278. The van der Waals surface area contributed by atoms with Crippen molar-refractivity contribution in [3.63, 3.8) is 0 Å². The van der Waals surface area contributed by atoms with Crippen LogP contribution in [0.3, 0.4) is 0 Å². The topological polar surface area (TPSA) is 46.0 Å². The standard InChI is InChI=1S/C16H13N2.C11H8N.C9H8N2.Ir/c1-13-17-11-12-18(13)16-10-6-5-9-15(16)14-7-3-2-4-8-14;1-2-6-10(7-3-1)11-8-4-5-9-12-11;1-2-4-9(5-3-1)11-7-6-10-8-11;/h2-3,5-12H,1H3;1-6,8-9H;1-4,6-8,10H;/q2*-1;-2;. The number of para-hydroxylation sites is 2. The zero-order valence-electron chi connectivity index (χ0n) is 23.1. The molecule has 7 rings (SSSR count). The second kappa shape index (κ2) is 15.9. The Bertz CT molecular complexity index is 1600. The van der Waals surface area contributed by atoms with E-state index in [0.29, 0.717) is 0 Å². The van der Waals surface area contributed by atoms with E-state index in [1.165, 1.54) is 11.1 Å². The van der Waals surface area contributed by atoms with Crippen LogP contribution in [-0.4, -0.2) is 14.5 Å². The van der Waals surface area contributed by atoms with E-state index >= 15 is 0 Å². The van der Waals surface area contributed by atoms with Crippen LogP contribution in [0.25, 0.3) is 28.1 Å². The number of hydrogen-bond donors (Lipinski definition) is 1. The van der Waals surface area contributed by atoms with Gasteiger partial charge < -0.3 is 19.8 Å². The monoisotopic (exact) mass is 724 g/mol. The second-order valence-corrected chi connectivity index (χ2v) is 8.91. The molecule has 0 saturated carbocycles. The number of aryl methyl sites for hydroxylation is 1. The second-order valence-electron chi connectivity index (χ2n) is 8.91. The number of hydrogen-bond acceptors (Lipinski definition) is 4. The van der Waals surface area contributed by atoms with E-state index in [2.05, 4.69) is 62.3 Å². The van der Waals surface area contributed by atoms with Gasteiger partial charge in [0.15, 0.2) is 0 Å². The molecule has 0 amide bonds. The van der Waals surface area contributed by atoms with E-state index in [1.54, 1.807) is 6.20 Å². The summed E-state index contributed by atoms with van der Waals surface area (Å²) in [5, 5.41) is 2.97. The van der Waals surface area contributed by atoms with Gasteiger partial charge in [-0.1, -0.05) is 30.3 Å². The molecule has 0 aliphatic carbocycles. The Labute approximate surface area is 261 Å². The van der Waals surface area contributed by atoms with Crippen molar-refractivity contribution < 1.29 is 20.1 Å². The van der Waals surface area contributed by atoms with Gasteiger partial charge in [0, 0.05) is 44.4 Å². The van der Waals surface area contributed by atoms with E-state index in [-0.39, 0.29) is 20.1 Å². The molecular formula is C36H29IrN5-4. The Kier molecular flexibility index (Phi) is 11.4. The molecule has 1 radical (unpaired) electrons. The number of rotatable bonds is 4. The average molecular weight is 724 g/mol. The van der Waals surface area contributed by atoms with E-state index in [1.807, 2.05) is 134 Å². The van der Waals surface area contributed by atoms with E-state index in [9.17, 15) is 0 Å². The zero-order valence-corrected chi connectivity index (χ0v) is 25.5. The van der Waals surface area contributed by atoms with Crippen LogP contribution in [0.15, 0.2) is 146 Å². The average Bonchev–Trinajstić information content (AvgIpc) is 3.76. The molecule has 0 atom stereocenters. The number of imidazole rings is 1. The van der Waals surface area contributed by atoms with Gasteiger partial charge in [-0.15, -0.1) is 47.1 Å². The van der Waals surface area contributed by atoms with Crippen LogP contribution >= 0.6 is 0 Å². The van der Waals surface area contributed by atoms with Gasteiger partial charge in [0.2, 0.25) is 0 Å². The van der Waals surface area contributed by atoms with Gasteiger partial charge in [0.25, 0.3) is 0 Å². The van der Waals surface area contributed by atoms with Crippen molar-refractivity contribution in [2.75, 3.05) is 4.90 Å². The first-order valence-electron chi connectivity index (χ1n) is 13.2. The van der Waals surface area contributed by atoms with Crippen LogP contribution in [-0.2, 0) is 20.1 Å². The molecule has 1 N–H and O–H groups in total. The van der Waals surface area contributed by atoms with Crippen molar-refractivity contribution in [3.05, 3.63) is 177 Å². The summed E-state index contributed by atoms with van der Waals surface area (Å²) in [6, 6.07) is 47.3. The predicted molar refractivity (Wildman–Crippen MR) is 165 cm³/mol. The molecular weight excluding hydrogens is 695 g/mol. The molecule has 1 aliphatic heterocycles. The van der Waals surface area contributed by atoms with Crippen LogP contribution < -0.4 is 10.2 Å². The summed E-state index contributed by atoms with van der Waals surface area (Å²) in [4.78, 5) is 10.5. The summed E-state index contributed by atoms with van der Waals surface area (Å²) in [6.45, 7) is 3.89. The van der Waals surface area contributed by atoms with Crippen LogP contribution in [0.4, 0.5) is 5.69 Å². The third-order valence-corrected chi connectivity index (χ3v) is 6.17. The number of benzene rings is 4. The van der Waals surface area contributed by atoms with Gasteiger partial charge in [-0.2, -0.15) is 67.3 Å². The molecule has 0 saturated heterocycles. The van der Waals surface area contributed by atoms with Crippen molar-refractivity contribution in [2.45, 2.75) is 6.92 Å². The van der Waals surface area contributed by atoms with Crippen molar-refractivity contribution in [3.8, 4) is 28.1 Å². The number of nitrogens with one attached hydrogen (secondary N) is 1. The summed E-state index contributed by atoms with van der Waals surface area (Å²) in [5.74, 6) is 0.988. The van der Waals surface area contributed by atoms with Gasteiger partial charge in [-0.05, 0) is 42.7 Å². The van der Waals surface area contributed by atoms with Crippen molar-refractivity contribution >= 4 is 5.69 Å². The van der Waals surface area contributed by atoms with Crippen molar-refractivity contribution in [1.29, 1.82) is 0 Å². The summed E-state index contributed by atoms with van der Waals surface area (Å²) < 4.78 is 2.10. The maximum Gasteiger partial charge on any atom is 0.110 e. The van der Waals surface area contributed by atoms with E-state index < -0.39 is 0 Å². The summed E-state index contributed by atoms with van der Waals surface area (Å²) >= 11 is 0. The summed E-state index contributed by atoms with van der Waals surface area (Å²) in [6.07, 6.45) is 9.42. The quantitative estimate of drug-likeness (QED) is 0.190. The normalized spacial score (nSPS) is 11.2. The van der Waals surface area contributed by atoms with Crippen molar-refractivity contribution in [1.82, 2.24) is 19.9 Å². The van der Waals surface area contributed by atoms with Gasteiger partial charge in [0.05, 0.1) is 0 Å². The first-order chi connectivity index (χ1) is 20.3. The van der Waals surface area contributed by atoms with Gasteiger partial charge in [-0.3, -0.25) is 0 Å². The Morgan fingerprint density at radius 1 is 0.762 bits per heavy atom. The fourth-order valence-electron chi connectivity index (χ4n) is 4.18. The molecule has 0 unspecified atom stereocenters. The van der Waals surface area contributed by atoms with E-state index in [0.717, 1.165) is 28.5 Å². The SMILES string of the molecule is Cc1nccn1-c1ccccc1-c1c[c-]ccc1.[Ir].[c-]1ccccc1-c1ccccn1.[c-]1ccccc1N1C=CN[CH-]1. The van der Waals surface area contributed by atoms with Crippen LogP contribution in [0, 0.1) is 31.8 Å². The first-order valence-corrected chi connectivity index (χ1v) is 13.2. The van der Waals surface area contributed by atoms with Gasteiger partial charge in [-0.25, -0.2) is 4.98 Å². The Balaban J connectivity index is 0.000000149. The van der Waals surface area contributed by atoms with Gasteiger partial charge >= 0.3 is 0 Å². The molecule has 0 spiro atoms. The molecule has 0 bridgehead atoms. The molecule has 211 valence electrons. The largest absolute Gasteiger partial charge is 0.521 e. The first kappa shape index (κ1) is 30.2. The predicted octanol–water partition coefficient (Wildman–Crippen LogP) is 7.68. The Morgan fingerprint density at radius 3 is 2.21 bits per heavy atom. The van der Waals surface area contributed by atoms with Crippen LogP contribution in [0.2, 0.25) is 0 Å². The van der Waals surface area contributed by atoms with Gasteiger partial charge in [0.1, 0.15) is 5.82 Å². The molecule has 3 heterocycles. The number of anilines is 1. The molecule has 4 aromatic carbocycles. The molecule has 6 aromatic rings. The minimum atomic E-state index is 0. The summed E-state index contributed by atoms with van der Waals surface area (Å²) in [5.41, 5.74) is 6.56. The van der Waals surface area contributed by atoms with E-state index in [4.69, 9.17) is 0 Å². The maximum absolute atomic E-state index is 4.28. The molecule has 0 fully saturated rings. The molecule has 2 aromatic heterocycles. The smallest absolute Gasteiger partial charge is 0.110 e. The van der Waals surface area contributed by atoms with Crippen LogP contribution in [0.5, 0.6) is 0 Å². The maximum atomic E-state index is 4.28. The third kappa shape index (κ3) is 8.14. The Hall–Kier alpha value is -4.77. The van der Waals surface area contributed by atoms with Crippen LogP contribution in [0.1, 0.15) is 5.82 Å². The fourth-order valence-corrected chi connectivity index (χ4v) is 4.18. The molecule has 1 aliphatic rings. The molecule has 42 heavy (non-hydrogen) atoms. The summed E-state index contributed by atoms with van der Waals surface area (Å²) in [7, 11) is 0. The van der Waals surface area contributed by atoms with Crippen molar-refractivity contribution in [2.24, 2.45) is 0 Å². The number of aromatic nitrogens is 3. The number of nitrogens with zero attached hydrogens (tertiary/aromatic N) is 4. The minimum absolute atomic E-state index is 0. The molecule has 6 heteroatoms. The minimum Gasteiger partial charge on any atom is -0.521 e.